The van der Waals surface area contributed by atoms with E-state index in [2.05, 4.69) is 9.97 Å². The quantitative estimate of drug-likeness (QED) is 0.341. The van der Waals surface area contributed by atoms with E-state index in [4.69, 9.17) is 5.11 Å². The number of anilines is 1. The fourth-order valence-electron chi connectivity index (χ4n) is 3.05. The lowest BCUT2D eigenvalue weighted by Crippen LogP contribution is -2.24. The van der Waals surface area contributed by atoms with Gasteiger partial charge in [0, 0.05) is 30.9 Å². The summed E-state index contributed by atoms with van der Waals surface area (Å²) in [4.78, 5) is 19.7. The predicted octanol–water partition coefficient (Wildman–Crippen LogP) is 3.74. The molecule has 0 bridgehead atoms. The van der Waals surface area contributed by atoms with E-state index < -0.39 is 41.2 Å². The van der Waals surface area contributed by atoms with E-state index in [-0.39, 0.29) is 18.3 Å². The maximum atomic E-state index is 13.5. The molecule has 2 rings (SSSR count). The van der Waals surface area contributed by atoms with Gasteiger partial charge in [0.05, 0.1) is 30.0 Å². The van der Waals surface area contributed by atoms with Crippen LogP contribution < -0.4 is 4.31 Å². The summed E-state index contributed by atoms with van der Waals surface area (Å²) in [5.41, 5.74) is 1.99. The van der Waals surface area contributed by atoms with Crippen LogP contribution in [-0.2, 0) is 4.79 Å². The number of aliphatic carboxylic acids is 1. The van der Waals surface area contributed by atoms with E-state index in [1.807, 2.05) is 13.8 Å². The van der Waals surface area contributed by atoms with Crippen molar-refractivity contribution in [2.24, 2.45) is 0 Å². The van der Waals surface area contributed by atoms with Crippen LogP contribution in [0.1, 0.15) is 43.9 Å². The highest BCUT2D eigenvalue weighted by atomic mass is 32.3. The van der Waals surface area contributed by atoms with Crippen LogP contribution in [0.25, 0.3) is 17.3 Å². The lowest BCUT2D eigenvalue weighted by Gasteiger charge is -2.37. The first-order valence-electron chi connectivity index (χ1n) is 10.2. The Kier molecular flexibility index (Phi) is 8.92. The summed E-state index contributed by atoms with van der Waals surface area (Å²) in [7, 11) is -1.70. The molecule has 0 spiro atoms. The summed E-state index contributed by atoms with van der Waals surface area (Å²) in [5.74, 6) is -1.67. The molecular weight excluding hydrogens is 453 g/mol. The highest BCUT2D eigenvalue weighted by Crippen LogP contribution is 2.41. The zero-order valence-corrected chi connectivity index (χ0v) is 19.7. The molecule has 9 nitrogen and oxygen atoms in total. The molecule has 33 heavy (non-hydrogen) atoms. The second-order valence-electron chi connectivity index (χ2n) is 8.04. The van der Waals surface area contributed by atoms with Crippen molar-refractivity contribution in [1.82, 2.24) is 9.97 Å². The van der Waals surface area contributed by atoms with E-state index in [9.17, 15) is 28.5 Å². The van der Waals surface area contributed by atoms with Crippen molar-refractivity contribution in [1.29, 1.82) is 0 Å². The Hall–Kier alpha value is -2.57. The molecule has 0 amide bonds. The molecule has 11 heteroatoms. The Labute approximate surface area is 193 Å². The fourth-order valence-corrected chi connectivity index (χ4v) is 3.44. The van der Waals surface area contributed by atoms with E-state index in [1.165, 1.54) is 43.6 Å². The second-order valence-corrected chi connectivity index (χ2v) is 10.2. The van der Waals surface area contributed by atoms with Crippen molar-refractivity contribution in [3.8, 4) is 11.3 Å². The highest BCUT2D eigenvalue weighted by Gasteiger charge is 2.23. The van der Waals surface area contributed by atoms with Gasteiger partial charge in [0.25, 0.3) is 0 Å². The number of aliphatic hydroxyl groups is 2. The van der Waals surface area contributed by atoms with Crippen LogP contribution in [0.15, 0.2) is 30.3 Å². The molecule has 0 saturated heterocycles. The average Bonchev–Trinajstić information content (AvgIpc) is 2.70. The largest absolute Gasteiger partial charge is 0.481 e. The van der Waals surface area contributed by atoms with Gasteiger partial charge < -0.3 is 15.3 Å². The number of aliphatic hydroxyl groups excluding tert-OH is 2. The van der Waals surface area contributed by atoms with Crippen LogP contribution >= 0.6 is 10.8 Å². The van der Waals surface area contributed by atoms with Gasteiger partial charge in [-0.15, -0.1) is 10.8 Å². The molecule has 182 valence electrons. The number of hydrogen-bond acceptors (Lipinski definition) is 8. The molecule has 0 radical (unpaired) electrons. The summed E-state index contributed by atoms with van der Waals surface area (Å²) in [6.45, 7) is 3.77. The summed E-state index contributed by atoms with van der Waals surface area (Å²) < 4.78 is 34.8. The zero-order chi connectivity index (χ0) is 24.9. The summed E-state index contributed by atoms with van der Waals surface area (Å²) in [6, 6.07) is 5.60. The van der Waals surface area contributed by atoms with Gasteiger partial charge >= 0.3 is 5.97 Å². The molecule has 0 aliphatic rings. The minimum absolute atomic E-state index is 0.0649. The van der Waals surface area contributed by atoms with Gasteiger partial charge in [0.15, 0.2) is 0 Å². The first-order chi connectivity index (χ1) is 15.3. The van der Waals surface area contributed by atoms with E-state index in [0.717, 1.165) is 4.31 Å². The third-order valence-corrected chi connectivity index (χ3v) is 6.04. The highest BCUT2D eigenvalue weighted by molar-refractivity contribution is 8.24. The first kappa shape index (κ1) is 26.7. The number of aromatic nitrogens is 2. The van der Waals surface area contributed by atoms with Crippen molar-refractivity contribution in [2.45, 2.75) is 44.8 Å². The predicted molar refractivity (Wildman–Crippen MR) is 127 cm³/mol. The molecule has 1 aromatic carbocycles. The van der Waals surface area contributed by atoms with Crippen molar-refractivity contribution in [3.05, 3.63) is 47.4 Å². The number of halogens is 1. The monoisotopic (exact) mass is 483 g/mol. The molecular formula is C22H30FN3O6S. The third kappa shape index (κ3) is 7.47. The zero-order valence-electron chi connectivity index (χ0n) is 18.9. The van der Waals surface area contributed by atoms with Gasteiger partial charge in [0.1, 0.15) is 5.82 Å². The normalized spacial score (nSPS) is 14.5. The number of carbonyl (C=O) groups is 1. The first-order valence-corrected chi connectivity index (χ1v) is 12.1. The fraction of sp³-hybridized carbons (Fsp3) is 0.409. The van der Waals surface area contributed by atoms with Crippen molar-refractivity contribution in [3.63, 3.8) is 0 Å². The smallest absolute Gasteiger partial charge is 0.305 e. The third-order valence-electron chi connectivity index (χ3n) is 4.84. The SMILES string of the molecule is CC(C)c1nc(N(C)S(C)(O)O)nc(-c2ccc(F)cc2)c1/C=C/[C@@H](O)C[C@@H](O)CC(=O)O. The molecule has 2 aromatic rings. The minimum Gasteiger partial charge on any atom is -0.481 e. The summed E-state index contributed by atoms with van der Waals surface area (Å²) in [6.07, 6.45) is 1.20. The van der Waals surface area contributed by atoms with Crippen LogP contribution in [-0.4, -0.2) is 65.9 Å². The molecule has 0 fully saturated rings. The van der Waals surface area contributed by atoms with Crippen LogP contribution in [0, 0.1) is 5.82 Å². The molecule has 5 N–H and O–H groups in total. The van der Waals surface area contributed by atoms with E-state index in [0.29, 0.717) is 22.5 Å². The van der Waals surface area contributed by atoms with Crippen LogP contribution in [0.5, 0.6) is 0 Å². The second kappa shape index (κ2) is 11.0. The van der Waals surface area contributed by atoms with Crippen LogP contribution in [0.3, 0.4) is 0 Å². The van der Waals surface area contributed by atoms with Gasteiger partial charge in [-0.05, 0) is 30.2 Å². The van der Waals surface area contributed by atoms with Crippen molar-refractivity contribution >= 4 is 28.8 Å². The summed E-state index contributed by atoms with van der Waals surface area (Å²) in [5, 5.41) is 28.8. The van der Waals surface area contributed by atoms with Gasteiger partial charge in [-0.25, -0.2) is 18.7 Å². The van der Waals surface area contributed by atoms with Gasteiger partial charge in [-0.3, -0.25) is 13.9 Å². The van der Waals surface area contributed by atoms with Crippen molar-refractivity contribution in [2.75, 3.05) is 17.6 Å². The van der Waals surface area contributed by atoms with Crippen LogP contribution in [0.4, 0.5) is 10.3 Å². The number of nitrogens with zero attached hydrogens (tertiary/aromatic N) is 3. The summed E-state index contributed by atoms with van der Waals surface area (Å²) >= 11 is 0. The maximum absolute atomic E-state index is 13.5. The van der Waals surface area contributed by atoms with E-state index in [1.54, 1.807) is 6.08 Å². The molecule has 0 unspecified atom stereocenters. The lowest BCUT2D eigenvalue weighted by molar-refractivity contribution is -0.139. The Morgan fingerprint density at radius 2 is 1.79 bits per heavy atom. The Morgan fingerprint density at radius 3 is 2.30 bits per heavy atom. The number of benzene rings is 1. The number of carboxylic acids is 1. The minimum atomic E-state index is -3.15. The maximum Gasteiger partial charge on any atom is 0.305 e. The van der Waals surface area contributed by atoms with Crippen molar-refractivity contribution < 1.29 is 33.6 Å². The number of rotatable bonds is 10. The topological polar surface area (TPSA) is 147 Å². The molecule has 1 aromatic heterocycles. The van der Waals surface area contributed by atoms with Gasteiger partial charge in [-0.1, -0.05) is 26.0 Å². The number of carboxylic acid groups (broad SMARTS) is 1. The molecule has 0 saturated carbocycles. The Morgan fingerprint density at radius 1 is 1.18 bits per heavy atom. The number of hydrogen-bond donors (Lipinski definition) is 5. The molecule has 2 atom stereocenters. The Balaban J connectivity index is 2.59. The standard InChI is InChI=1S/C22H30FN3O6S/c1-13(2)20-18(10-9-16(27)11-17(28)12-19(29)30)21(14-5-7-15(23)8-6-14)25-22(24-20)26(3)33(4,31)32/h5-10,13,16-17,27-28,31-32H,11-12H2,1-4H3,(H,29,30)/b10-9+/t16-,17-/m1/s1. The molecule has 0 aliphatic heterocycles. The Bertz CT molecular complexity index is 995. The molecule has 1 heterocycles. The van der Waals surface area contributed by atoms with E-state index >= 15 is 0 Å². The lowest BCUT2D eigenvalue weighted by atomic mass is 9.97. The van der Waals surface area contributed by atoms with Crippen LogP contribution in [0.2, 0.25) is 0 Å². The van der Waals surface area contributed by atoms with Gasteiger partial charge in [-0.2, -0.15) is 0 Å². The molecule has 0 aliphatic carbocycles. The van der Waals surface area contributed by atoms with Gasteiger partial charge in [0.2, 0.25) is 5.95 Å². The average molecular weight is 484 g/mol.